The maximum atomic E-state index is 5.33. The zero-order valence-corrected chi connectivity index (χ0v) is 12.2. The highest BCUT2D eigenvalue weighted by atomic mass is 16.5. The SMILES string of the molecule is CCOc1nc(NC)nc(Nc2cc(C)cc(C)c2)n1. The third-order valence-electron chi connectivity index (χ3n) is 2.59. The van der Waals surface area contributed by atoms with Gasteiger partial charge in [0, 0.05) is 12.7 Å². The average Bonchev–Trinajstić information content (AvgIpc) is 2.37. The summed E-state index contributed by atoms with van der Waals surface area (Å²) in [7, 11) is 1.76. The van der Waals surface area contributed by atoms with Crippen LogP contribution in [0.3, 0.4) is 0 Å². The Morgan fingerprint density at radius 2 is 1.65 bits per heavy atom. The fourth-order valence-electron chi connectivity index (χ4n) is 1.89. The lowest BCUT2D eigenvalue weighted by Gasteiger charge is -2.09. The molecule has 6 heteroatoms. The highest BCUT2D eigenvalue weighted by Gasteiger charge is 2.07. The minimum absolute atomic E-state index is 0.304. The van der Waals surface area contributed by atoms with E-state index in [1.807, 2.05) is 19.1 Å². The van der Waals surface area contributed by atoms with E-state index < -0.39 is 0 Å². The predicted octanol–water partition coefficient (Wildman–Crippen LogP) is 2.67. The Morgan fingerprint density at radius 3 is 2.25 bits per heavy atom. The summed E-state index contributed by atoms with van der Waals surface area (Å²) in [5.74, 6) is 0.924. The molecule has 0 fully saturated rings. The number of anilines is 3. The molecule has 1 heterocycles. The van der Waals surface area contributed by atoms with E-state index in [-0.39, 0.29) is 0 Å². The van der Waals surface area contributed by atoms with Crippen LogP contribution >= 0.6 is 0 Å². The van der Waals surface area contributed by atoms with Gasteiger partial charge in [0.15, 0.2) is 0 Å². The van der Waals surface area contributed by atoms with Gasteiger partial charge in [-0.05, 0) is 44.0 Å². The van der Waals surface area contributed by atoms with Gasteiger partial charge in [0.2, 0.25) is 11.9 Å². The van der Waals surface area contributed by atoms with E-state index in [2.05, 4.69) is 45.5 Å². The molecule has 0 bridgehead atoms. The summed E-state index contributed by atoms with van der Waals surface area (Å²) in [5.41, 5.74) is 3.30. The lowest BCUT2D eigenvalue weighted by Crippen LogP contribution is -2.07. The van der Waals surface area contributed by atoms with Crippen LogP contribution < -0.4 is 15.4 Å². The topological polar surface area (TPSA) is 72.0 Å². The minimum atomic E-state index is 0.304. The number of ether oxygens (including phenoxy) is 1. The number of hydrogen-bond acceptors (Lipinski definition) is 6. The van der Waals surface area contributed by atoms with Crippen molar-refractivity contribution in [3.63, 3.8) is 0 Å². The van der Waals surface area contributed by atoms with Gasteiger partial charge in [0.05, 0.1) is 6.61 Å². The number of aromatic nitrogens is 3. The van der Waals surface area contributed by atoms with Crippen molar-refractivity contribution in [3.05, 3.63) is 29.3 Å². The van der Waals surface area contributed by atoms with E-state index >= 15 is 0 Å². The Bertz CT molecular complexity index is 580. The van der Waals surface area contributed by atoms with Crippen molar-refractivity contribution >= 4 is 17.6 Å². The highest BCUT2D eigenvalue weighted by molar-refractivity contribution is 5.56. The first-order valence-corrected chi connectivity index (χ1v) is 6.52. The van der Waals surface area contributed by atoms with Crippen LogP contribution in [0.2, 0.25) is 0 Å². The Labute approximate surface area is 118 Å². The number of nitrogens with zero attached hydrogens (tertiary/aromatic N) is 3. The summed E-state index contributed by atoms with van der Waals surface area (Å²) in [6, 6.07) is 6.49. The van der Waals surface area contributed by atoms with E-state index in [0.29, 0.717) is 24.5 Å². The first-order valence-electron chi connectivity index (χ1n) is 6.52. The molecule has 2 rings (SSSR count). The molecule has 0 unspecified atom stereocenters. The predicted molar refractivity (Wildman–Crippen MR) is 79.7 cm³/mol. The van der Waals surface area contributed by atoms with Crippen LogP contribution in [0.5, 0.6) is 6.01 Å². The molecule has 2 N–H and O–H groups in total. The van der Waals surface area contributed by atoms with Crippen molar-refractivity contribution in [3.8, 4) is 6.01 Å². The monoisotopic (exact) mass is 273 g/mol. The maximum absolute atomic E-state index is 5.33. The largest absolute Gasteiger partial charge is 0.464 e. The van der Waals surface area contributed by atoms with E-state index in [0.717, 1.165) is 5.69 Å². The fraction of sp³-hybridized carbons (Fsp3) is 0.357. The smallest absolute Gasteiger partial charge is 0.323 e. The summed E-state index contributed by atoms with van der Waals surface area (Å²) >= 11 is 0. The Hall–Kier alpha value is -2.37. The van der Waals surface area contributed by atoms with Gasteiger partial charge in [-0.15, -0.1) is 0 Å². The molecular weight excluding hydrogens is 254 g/mol. The first kappa shape index (κ1) is 14.0. The molecule has 0 saturated carbocycles. The normalized spacial score (nSPS) is 10.2. The van der Waals surface area contributed by atoms with Crippen molar-refractivity contribution < 1.29 is 4.74 Å². The lowest BCUT2D eigenvalue weighted by atomic mass is 10.1. The second-order valence-electron chi connectivity index (χ2n) is 4.45. The van der Waals surface area contributed by atoms with Gasteiger partial charge in [0.1, 0.15) is 0 Å². The van der Waals surface area contributed by atoms with Crippen LogP contribution in [0.25, 0.3) is 0 Å². The van der Waals surface area contributed by atoms with Gasteiger partial charge in [-0.1, -0.05) is 6.07 Å². The zero-order chi connectivity index (χ0) is 14.5. The van der Waals surface area contributed by atoms with Gasteiger partial charge in [-0.2, -0.15) is 15.0 Å². The lowest BCUT2D eigenvalue weighted by molar-refractivity contribution is 0.312. The first-order chi connectivity index (χ1) is 9.60. The van der Waals surface area contributed by atoms with Gasteiger partial charge >= 0.3 is 6.01 Å². The third kappa shape index (κ3) is 3.57. The molecule has 0 spiro atoms. The summed E-state index contributed by atoms with van der Waals surface area (Å²) in [6.45, 7) is 6.50. The van der Waals surface area contributed by atoms with Crippen LogP contribution in [0, 0.1) is 13.8 Å². The Kier molecular flexibility index (Phi) is 4.34. The van der Waals surface area contributed by atoms with E-state index in [1.165, 1.54) is 11.1 Å². The van der Waals surface area contributed by atoms with Gasteiger partial charge in [0.25, 0.3) is 0 Å². The van der Waals surface area contributed by atoms with Crippen molar-refractivity contribution in [1.82, 2.24) is 15.0 Å². The van der Waals surface area contributed by atoms with Gasteiger partial charge in [-0.25, -0.2) is 0 Å². The molecule has 0 saturated heterocycles. The summed E-state index contributed by atoms with van der Waals surface area (Å²) in [5, 5.41) is 6.07. The third-order valence-corrected chi connectivity index (χ3v) is 2.59. The molecule has 0 atom stereocenters. The van der Waals surface area contributed by atoms with Gasteiger partial charge in [-0.3, -0.25) is 0 Å². The fourth-order valence-corrected chi connectivity index (χ4v) is 1.89. The molecular formula is C14H19N5O. The van der Waals surface area contributed by atoms with Gasteiger partial charge < -0.3 is 15.4 Å². The second kappa shape index (κ2) is 6.18. The molecule has 0 amide bonds. The molecule has 2 aromatic rings. The van der Waals surface area contributed by atoms with Crippen molar-refractivity contribution in [2.75, 3.05) is 24.3 Å². The molecule has 1 aromatic heterocycles. The minimum Gasteiger partial charge on any atom is -0.464 e. The van der Waals surface area contributed by atoms with Crippen LogP contribution in [0.4, 0.5) is 17.6 Å². The molecule has 0 aliphatic heterocycles. The van der Waals surface area contributed by atoms with E-state index in [1.54, 1.807) is 7.05 Å². The average molecular weight is 273 g/mol. The van der Waals surface area contributed by atoms with Crippen LogP contribution in [0.15, 0.2) is 18.2 Å². The number of benzene rings is 1. The van der Waals surface area contributed by atoms with Crippen LogP contribution in [-0.4, -0.2) is 28.6 Å². The van der Waals surface area contributed by atoms with Crippen molar-refractivity contribution in [2.24, 2.45) is 0 Å². The molecule has 0 radical (unpaired) electrons. The number of rotatable bonds is 5. The summed E-state index contributed by atoms with van der Waals surface area (Å²) in [6.07, 6.45) is 0. The van der Waals surface area contributed by atoms with Crippen LogP contribution in [-0.2, 0) is 0 Å². The molecule has 0 aliphatic rings. The number of nitrogens with one attached hydrogen (secondary N) is 2. The molecule has 106 valence electrons. The summed E-state index contributed by atoms with van der Waals surface area (Å²) in [4.78, 5) is 12.6. The quantitative estimate of drug-likeness (QED) is 0.872. The standard InChI is InChI=1S/C14H19N5O/c1-5-20-14-18-12(15-4)17-13(19-14)16-11-7-9(2)6-10(3)8-11/h6-8H,5H2,1-4H3,(H2,15,16,17,18,19). The van der Waals surface area contributed by atoms with Crippen molar-refractivity contribution in [1.29, 1.82) is 0 Å². The molecule has 6 nitrogen and oxygen atoms in total. The number of aryl methyl sites for hydroxylation is 2. The molecule has 0 aliphatic carbocycles. The van der Waals surface area contributed by atoms with Crippen molar-refractivity contribution in [2.45, 2.75) is 20.8 Å². The van der Waals surface area contributed by atoms with Crippen LogP contribution in [0.1, 0.15) is 18.1 Å². The zero-order valence-electron chi connectivity index (χ0n) is 12.2. The van der Waals surface area contributed by atoms with E-state index in [9.17, 15) is 0 Å². The molecule has 20 heavy (non-hydrogen) atoms. The second-order valence-corrected chi connectivity index (χ2v) is 4.45. The number of hydrogen-bond donors (Lipinski definition) is 2. The molecule has 1 aromatic carbocycles. The Balaban J connectivity index is 2.29. The Morgan fingerprint density at radius 1 is 1.00 bits per heavy atom. The maximum Gasteiger partial charge on any atom is 0.323 e. The summed E-state index contributed by atoms with van der Waals surface area (Å²) < 4.78 is 5.33. The highest BCUT2D eigenvalue weighted by Crippen LogP contribution is 2.19. The van der Waals surface area contributed by atoms with E-state index in [4.69, 9.17) is 4.74 Å².